The van der Waals surface area contributed by atoms with Gasteiger partial charge in [-0.25, -0.2) is 9.69 Å². The molecule has 13 nitrogen and oxygen atoms in total. The first-order chi connectivity index (χ1) is 33.2. The third-order valence-corrected chi connectivity index (χ3v) is 10.0. The Morgan fingerprint density at radius 1 is 0.478 bits per heavy atom. The fourth-order valence-corrected chi connectivity index (χ4v) is 6.89. The maximum atomic E-state index is 10.3. The Labute approximate surface area is 415 Å². The number of rotatable bonds is 9. The molecule has 0 spiro atoms. The lowest BCUT2D eigenvalue weighted by Crippen LogP contribution is -1.92. The number of nitro benzene ring substituents is 1. The van der Waals surface area contributed by atoms with E-state index in [2.05, 4.69) is 19.4 Å². The molecule has 0 fully saturated rings. The summed E-state index contributed by atoms with van der Waals surface area (Å²) in [5.74, 6) is 2.29. The van der Waals surface area contributed by atoms with E-state index in [9.17, 15) is 25.6 Å². The number of ether oxygens (including phenoxy) is 2. The summed E-state index contributed by atoms with van der Waals surface area (Å²) in [7, 11) is 0. The van der Waals surface area contributed by atoms with Gasteiger partial charge in [-0.1, -0.05) is 107 Å². The van der Waals surface area contributed by atoms with Gasteiger partial charge in [-0.15, -0.1) is 0 Å². The summed E-state index contributed by atoms with van der Waals surface area (Å²) in [5.41, 5.74) is 5.35. The quantitative estimate of drug-likeness (QED) is 0.0819. The molecule has 0 aromatic heterocycles. The van der Waals surface area contributed by atoms with Gasteiger partial charge in [0.1, 0.15) is 55.6 Å². The summed E-state index contributed by atoms with van der Waals surface area (Å²) in [5, 5.41) is 47.1. The van der Waals surface area contributed by atoms with E-state index in [0.29, 0.717) is 34.1 Å². The Bertz CT molecular complexity index is 3200. The van der Waals surface area contributed by atoms with Crippen molar-refractivity contribution in [2.24, 2.45) is 0 Å². The lowest BCUT2D eigenvalue weighted by molar-refractivity contribution is -0.384. The van der Waals surface area contributed by atoms with E-state index in [-0.39, 0.29) is 60.0 Å². The van der Waals surface area contributed by atoms with E-state index in [1.807, 2.05) is 24.3 Å². The number of benzene rings is 7. The second-order valence-corrected chi connectivity index (χ2v) is 15.5. The fraction of sp³-hybridized carbons (Fsp3) is 0. The van der Waals surface area contributed by atoms with Crippen LogP contribution in [0.1, 0.15) is 33.4 Å². The minimum atomic E-state index is -0.595. The Balaban J connectivity index is 0.000000234. The molecule has 0 radical (unpaired) electrons. The van der Waals surface area contributed by atoms with Gasteiger partial charge in [-0.05, 0) is 101 Å². The van der Waals surface area contributed by atoms with Crippen molar-refractivity contribution < 1.29 is 24.6 Å². The zero-order valence-corrected chi connectivity index (χ0v) is 38.1. The Morgan fingerprint density at radius 2 is 0.826 bits per heavy atom. The van der Waals surface area contributed by atoms with Crippen LogP contribution < -0.4 is 9.47 Å². The molecule has 0 heterocycles. The number of non-ortho nitro benzene ring substituents is 1. The number of hydrogen-bond donors (Lipinski definition) is 2. The summed E-state index contributed by atoms with van der Waals surface area (Å²) in [4.78, 5) is 22.5. The van der Waals surface area contributed by atoms with Gasteiger partial charge in [-0.2, -0.15) is 10.5 Å². The standard InChI is InChI=1S/C30H14Cl2N4O2.C14H10Cl2O2.C8H3N3O2/c1-35-27-14-13-26(16-28(27)36-2)38-24-10-5-20(6-11-24)29(30(31)32)19-3-8-23(9-4-19)37-25-12-7-21(17-33)22(15-25)18-34;15-14(16)13(9-1-5-11(17)6-2-9)10-3-7-12(18)8-4-10;1-9-7-4-3-6(11(12)13)5-8(7)10-2/h3-16H;1-8,17-18H;3-5H. The van der Waals surface area contributed by atoms with Gasteiger partial charge in [-0.3, -0.25) is 19.8 Å². The Morgan fingerprint density at radius 3 is 1.20 bits per heavy atom. The summed E-state index contributed by atoms with van der Waals surface area (Å²) in [6.07, 6.45) is 0. The fourth-order valence-electron chi connectivity index (χ4n) is 6.01. The summed E-state index contributed by atoms with van der Waals surface area (Å²) in [6, 6.07) is 44.3. The van der Waals surface area contributed by atoms with Crippen LogP contribution in [0.3, 0.4) is 0 Å². The van der Waals surface area contributed by atoms with Gasteiger partial charge in [0.15, 0.2) is 17.1 Å². The molecule has 7 rings (SSSR count). The Kier molecular flexibility index (Phi) is 17.9. The van der Waals surface area contributed by atoms with E-state index < -0.39 is 4.92 Å². The minimum absolute atomic E-state index is 0.0178. The number of phenolic OH excluding ortho intramolecular Hbond substituents is 2. The van der Waals surface area contributed by atoms with Crippen molar-refractivity contribution in [3.8, 4) is 46.6 Å². The molecule has 69 heavy (non-hydrogen) atoms. The molecule has 2 N–H and O–H groups in total. The SMILES string of the molecule is Oc1ccc(C(=C(Cl)Cl)c2ccc(O)cc2)cc1.[C-]#[N+]c1ccc(Oc2ccc(C(=C(Cl)Cl)c3ccc(Oc4ccc(C#N)c(C#N)c4)cc3)cc2)cc1[N+]#[C-].[C-]#[N+]c1ccc([N+](=O)[O-])cc1[N+]#[C-]. The minimum Gasteiger partial charge on any atom is -0.508 e. The lowest BCUT2D eigenvalue weighted by Gasteiger charge is -2.12. The molecular formula is C52H27Cl4N7O6. The lowest BCUT2D eigenvalue weighted by atomic mass is 9.99. The topological polar surface area (TPSA) is 167 Å². The Hall–Kier alpha value is -9.28. The first kappa shape index (κ1) is 50.7. The maximum Gasteiger partial charge on any atom is 0.256 e. The predicted molar refractivity (Wildman–Crippen MR) is 265 cm³/mol. The van der Waals surface area contributed by atoms with Crippen molar-refractivity contribution >= 4 is 86.0 Å². The monoisotopic (exact) mass is 985 g/mol. The van der Waals surface area contributed by atoms with Crippen LogP contribution in [0.5, 0.6) is 34.5 Å². The van der Waals surface area contributed by atoms with Crippen LogP contribution in [0.4, 0.5) is 28.4 Å². The van der Waals surface area contributed by atoms with Crippen molar-refractivity contribution in [2.45, 2.75) is 0 Å². The van der Waals surface area contributed by atoms with Gasteiger partial charge < -0.3 is 19.7 Å². The van der Waals surface area contributed by atoms with Gasteiger partial charge in [0.2, 0.25) is 5.69 Å². The molecule has 0 aliphatic rings. The average molecular weight is 988 g/mol. The van der Waals surface area contributed by atoms with Crippen molar-refractivity contribution in [3.05, 3.63) is 250 Å². The molecule has 0 bridgehead atoms. The highest BCUT2D eigenvalue weighted by Gasteiger charge is 2.14. The van der Waals surface area contributed by atoms with Gasteiger partial charge in [0.05, 0.1) is 42.3 Å². The zero-order valence-electron chi connectivity index (χ0n) is 35.1. The van der Waals surface area contributed by atoms with Crippen LogP contribution in [0, 0.1) is 59.1 Å². The molecule has 7 aromatic carbocycles. The summed E-state index contributed by atoms with van der Waals surface area (Å²) in [6.45, 7) is 27.7. The van der Waals surface area contributed by atoms with Crippen molar-refractivity contribution in [2.75, 3.05) is 0 Å². The summed E-state index contributed by atoms with van der Waals surface area (Å²) >= 11 is 24.3. The first-order valence-electron chi connectivity index (χ1n) is 19.3. The number of hydrogen-bond acceptors (Lipinski definition) is 8. The van der Waals surface area contributed by atoms with Crippen LogP contribution in [0.25, 0.3) is 30.5 Å². The predicted octanol–water partition coefficient (Wildman–Crippen LogP) is 16.3. The van der Waals surface area contributed by atoms with E-state index in [1.54, 1.807) is 103 Å². The number of halogens is 4. The molecule has 334 valence electrons. The molecular weight excluding hydrogens is 960 g/mol. The average Bonchev–Trinajstić information content (AvgIpc) is 3.36. The van der Waals surface area contributed by atoms with Crippen molar-refractivity contribution in [3.63, 3.8) is 0 Å². The molecule has 0 aliphatic carbocycles. The molecule has 7 aromatic rings. The maximum absolute atomic E-state index is 10.3. The molecule has 0 saturated heterocycles. The van der Waals surface area contributed by atoms with Crippen LogP contribution in [-0.2, 0) is 0 Å². The second kappa shape index (κ2) is 24.3. The number of nitriles is 2. The van der Waals surface area contributed by atoms with E-state index in [4.69, 9.17) is 87.4 Å². The van der Waals surface area contributed by atoms with Gasteiger partial charge in [0.25, 0.3) is 5.69 Å². The highest BCUT2D eigenvalue weighted by molar-refractivity contribution is 6.59. The largest absolute Gasteiger partial charge is 0.508 e. The highest BCUT2D eigenvalue weighted by Crippen LogP contribution is 2.38. The molecule has 0 saturated carbocycles. The number of nitro groups is 1. The van der Waals surface area contributed by atoms with Crippen LogP contribution in [-0.4, -0.2) is 15.1 Å². The van der Waals surface area contributed by atoms with Crippen molar-refractivity contribution in [1.29, 1.82) is 10.5 Å². The van der Waals surface area contributed by atoms with Crippen molar-refractivity contribution in [1.82, 2.24) is 0 Å². The van der Waals surface area contributed by atoms with Gasteiger partial charge >= 0.3 is 0 Å². The van der Waals surface area contributed by atoms with Gasteiger partial charge in [0, 0.05) is 23.3 Å². The molecule has 0 atom stereocenters. The highest BCUT2D eigenvalue weighted by atomic mass is 35.5. The summed E-state index contributed by atoms with van der Waals surface area (Å²) < 4.78 is 11.9. The number of aromatic hydroxyl groups is 2. The van der Waals surface area contributed by atoms with Crippen LogP contribution in [0.2, 0.25) is 0 Å². The number of phenols is 2. The molecule has 0 amide bonds. The first-order valence-corrected chi connectivity index (χ1v) is 20.9. The van der Waals surface area contributed by atoms with Crippen LogP contribution >= 0.6 is 46.4 Å². The third kappa shape index (κ3) is 13.6. The number of nitrogens with zero attached hydrogens (tertiary/aromatic N) is 7. The zero-order chi connectivity index (χ0) is 50.0. The van der Waals surface area contributed by atoms with E-state index in [0.717, 1.165) is 28.3 Å². The molecule has 0 unspecified atom stereocenters. The van der Waals surface area contributed by atoms with Crippen LogP contribution in [0.15, 0.2) is 161 Å². The normalized spacial score (nSPS) is 9.59. The van der Waals surface area contributed by atoms with E-state index in [1.165, 1.54) is 30.3 Å². The third-order valence-electron chi connectivity index (χ3n) is 9.28. The van der Waals surface area contributed by atoms with E-state index >= 15 is 0 Å². The molecule has 17 heteroatoms. The smallest absolute Gasteiger partial charge is 0.256 e. The molecule has 0 aliphatic heterocycles. The second-order valence-electron chi connectivity index (χ2n) is 13.6.